The highest BCUT2D eigenvalue weighted by molar-refractivity contribution is 6.34. The van der Waals surface area contributed by atoms with E-state index >= 15 is 0 Å². The second-order valence-corrected chi connectivity index (χ2v) is 5.17. The summed E-state index contributed by atoms with van der Waals surface area (Å²) in [4.78, 5) is 22.9. The molecule has 0 spiro atoms. The average molecular weight is 358 g/mol. The number of alkyl halides is 3. The number of halogens is 4. The average Bonchev–Trinajstić information content (AvgIpc) is 2.48. The van der Waals surface area contributed by atoms with E-state index in [2.05, 4.69) is 5.32 Å². The third-order valence-electron chi connectivity index (χ3n) is 2.92. The summed E-state index contributed by atoms with van der Waals surface area (Å²) < 4.78 is 43.0. The Hall–Kier alpha value is -2.54. The summed E-state index contributed by atoms with van der Waals surface area (Å²) in [5.41, 5.74) is -0.910. The van der Waals surface area contributed by atoms with Gasteiger partial charge in [0.2, 0.25) is 0 Å². The Morgan fingerprint density at radius 2 is 1.71 bits per heavy atom. The Bertz CT molecular complexity index is 773. The number of carbonyl (C=O) groups is 2. The quantitative estimate of drug-likeness (QED) is 0.648. The topological polar surface area (TPSA) is 55.4 Å². The van der Waals surface area contributed by atoms with Crippen molar-refractivity contribution in [2.75, 3.05) is 5.32 Å². The molecule has 0 aliphatic carbocycles. The third kappa shape index (κ3) is 4.48. The lowest BCUT2D eigenvalue weighted by Gasteiger charge is -2.12. The zero-order chi connectivity index (χ0) is 17.9. The summed E-state index contributed by atoms with van der Waals surface area (Å²) >= 11 is 5.82. The van der Waals surface area contributed by atoms with E-state index in [4.69, 9.17) is 16.3 Å². The van der Waals surface area contributed by atoms with Gasteiger partial charge in [-0.25, -0.2) is 0 Å². The van der Waals surface area contributed by atoms with Crippen molar-refractivity contribution in [3.63, 3.8) is 0 Å². The van der Waals surface area contributed by atoms with Crippen molar-refractivity contribution in [1.82, 2.24) is 0 Å². The predicted octanol–water partition coefficient (Wildman–Crippen LogP) is 4.54. The van der Waals surface area contributed by atoms with Crippen LogP contribution in [0.25, 0.3) is 0 Å². The lowest BCUT2D eigenvalue weighted by Crippen LogP contribution is -2.13. The standard InChI is InChI=1S/C16H11ClF3NO3/c1-9(22)24-12-5-2-10(3-6-12)15(23)21-14-8-11(16(18,19)20)4-7-13(14)17/h2-8H,1H3,(H,21,23). The number of anilines is 1. The van der Waals surface area contributed by atoms with Gasteiger partial charge in [-0.2, -0.15) is 13.2 Å². The number of esters is 1. The van der Waals surface area contributed by atoms with Crippen LogP contribution in [0.2, 0.25) is 5.02 Å². The van der Waals surface area contributed by atoms with Gasteiger partial charge in [-0.1, -0.05) is 11.6 Å². The molecule has 0 fully saturated rings. The van der Waals surface area contributed by atoms with E-state index in [0.717, 1.165) is 18.2 Å². The minimum absolute atomic E-state index is 0.0205. The molecular weight excluding hydrogens is 347 g/mol. The number of nitrogens with one attached hydrogen (secondary N) is 1. The Balaban J connectivity index is 2.19. The molecule has 0 saturated carbocycles. The summed E-state index contributed by atoms with van der Waals surface area (Å²) in [6.07, 6.45) is -4.55. The molecule has 0 heterocycles. The highest BCUT2D eigenvalue weighted by Gasteiger charge is 2.31. The largest absolute Gasteiger partial charge is 0.427 e. The Kier molecular flexibility index (Phi) is 5.14. The van der Waals surface area contributed by atoms with Crippen LogP contribution in [0.4, 0.5) is 18.9 Å². The van der Waals surface area contributed by atoms with Gasteiger partial charge in [0.25, 0.3) is 5.91 Å². The summed E-state index contributed by atoms with van der Waals surface area (Å²) in [5, 5.41) is 2.30. The maximum atomic E-state index is 12.7. The summed E-state index contributed by atoms with van der Waals surface area (Å²) in [6.45, 7) is 1.23. The van der Waals surface area contributed by atoms with Crippen LogP contribution in [-0.4, -0.2) is 11.9 Å². The van der Waals surface area contributed by atoms with Crippen molar-refractivity contribution in [2.24, 2.45) is 0 Å². The van der Waals surface area contributed by atoms with Crippen LogP contribution in [0, 0.1) is 0 Å². The first-order chi connectivity index (χ1) is 11.2. The maximum absolute atomic E-state index is 12.7. The van der Waals surface area contributed by atoms with Crippen molar-refractivity contribution in [1.29, 1.82) is 0 Å². The lowest BCUT2D eigenvalue weighted by molar-refractivity contribution is -0.137. The number of amides is 1. The first-order valence-corrected chi connectivity index (χ1v) is 7.01. The number of hydrogen-bond acceptors (Lipinski definition) is 3. The molecule has 2 rings (SSSR count). The third-order valence-corrected chi connectivity index (χ3v) is 3.25. The van der Waals surface area contributed by atoms with Gasteiger partial charge in [-0.3, -0.25) is 9.59 Å². The molecule has 0 saturated heterocycles. The van der Waals surface area contributed by atoms with Gasteiger partial charge < -0.3 is 10.1 Å². The molecule has 1 N–H and O–H groups in total. The summed E-state index contributed by atoms with van der Waals surface area (Å²) in [5.74, 6) is -0.912. The fourth-order valence-electron chi connectivity index (χ4n) is 1.83. The van der Waals surface area contributed by atoms with Crippen LogP contribution in [0.3, 0.4) is 0 Å². The van der Waals surface area contributed by atoms with Gasteiger partial charge in [0.15, 0.2) is 0 Å². The van der Waals surface area contributed by atoms with E-state index in [-0.39, 0.29) is 22.0 Å². The molecule has 0 aromatic heterocycles. The maximum Gasteiger partial charge on any atom is 0.416 e. The van der Waals surface area contributed by atoms with E-state index < -0.39 is 23.6 Å². The highest BCUT2D eigenvalue weighted by atomic mass is 35.5. The minimum Gasteiger partial charge on any atom is -0.427 e. The Morgan fingerprint density at radius 1 is 1.08 bits per heavy atom. The molecule has 0 atom stereocenters. The van der Waals surface area contributed by atoms with Gasteiger partial charge in [-0.05, 0) is 42.5 Å². The van der Waals surface area contributed by atoms with Crippen LogP contribution in [-0.2, 0) is 11.0 Å². The van der Waals surface area contributed by atoms with Gasteiger partial charge in [0.1, 0.15) is 5.75 Å². The van der Waals surface area contributed by atoms with Crippen molar-refractivity contribution in [3.05, 3.63) is 58.6 Å². The second kappa shape index (κ2) is 6.92. The van der Waals surface area contributed by atoms with E-state index in [1.807, 2.05) is 0 Å². The fourth-order valence-corrected chi connectivity index (χ4v) is 2.00. The molecule has 0 unspecified atom stereocenters. The molecule has 0 radical (unpaired) electrons. The highest BCUT2D eigenvalue weighted by Crippen LogP contribution is 2.34. The van der Waals surface area contributed by atoms with Crippen molar-refractivity contribution in [3.8, 4) is 5.75 Å². The smallest absolute Gasteiger partial charge is 0.416 e. The molecule has 0 aliphatic heterocycles. The van der Waals surface area contributed by atoms with Gasteiger partial charge in [-0.15, -0.1) is 0 Å². The second-order valence-electron chi connectivity index (χ2n) is 4.76. The number of carbonyl (C=O) groups excluding carboxylic acids is 2. The molecule has 4 nitrogen and oxygen atoms in total. The van der Waals surface area contributed by atoms with Gasteiger partial charge >= 0.3 is 12.1 Å². The number of benzene rings is 2. The van der Waals surface area contributed by atoms with Crippen LogP contribution < -0.4 is 10.1 Å². The van der Waals surface area contributed by atoms with Crippen LogP contribution >= 0.6 is 11.6 Å². The normalized spacial score (nSPS) is 11.0. The fraction of sp³-hybridized carbons (Fsp3) is 0.125. The van der Waals surface area contributed by atoms with Crippen LogP contribution in [0.5, 0.6) is 5.75 Å². The van der Waals surface area contributed by atoms with E-state index in [1.54, 1.807) is 0 Å². The van der Waals surface area contributed by atoms with E-state index in [1.165, 1.54) is 31.2 Å². The lowest BCUT2D eigenvalue weighted by atomic mass is 10.1. The zero-order valence-corrected chi connectivity index (χ0v) is 13.0. The Labute approximate surface area is 140 Å². The van der Waals surface area contributed by atoms with Crippen molar-refractivity contribution < 1.29 is 27.5 Å². The molecule has 0 aliphatic rings. The van der Waals surface area contributed by atoms with Crippen molar-refractivity contribution >= 4 is 29.2 Å². The number of hydrogen-bond donors (Lipinski definition) is 1. The summed E-state index contributed by atoms with van der Waals surface area (Å²) in [7, 11) is 0. The first-order valence-electron chi connectivity index (χ1n) is 6.63. The molecular formula is C16H11ClF3NO3. The van der Waals surface area contributed by atoms with E-state index in [9.17, 15) is 22.8 Å². The number of rotatable bonds is 3. The minimum atomic E-state index is -4.55. The van der Waals surface area contributed by atoms with Crippen molar-refractivity contribution in [2.45, 2.75) is 13.1 Å². The molecule has 0 bridgehead atoms. The Morgan fingerprint density at radius 3 is 2.25 bits per heavy atom. The van der Waals surface area contributed by atoms with Crippen LogP contribution in [0.15, 0.2) is 42.5 Å². The molecule has 126 valence electrons. The molecule has 2 aromatic carbocycles. The molecule has 2 aromatic rings. The monoisotopic (exact) mass is 357 g/mol. The van der Waals surface area contributed by atoms with Gasteiger partial charge in [0.05, 0.1) is 16.3 Å². The van der Waals surface area contributed by atoms with Crippen LogP contribution in [0.1, 0.15) is 22.8 Å². The van der Waals surface area contributed by atoms with E-state index in [0.29, 0.717) is 0 Å². The molecule has 24 heavy (non-hydrogen) atoms. The van der Waals surface area contributed by atoms with Gasteiger partial charge in [0, 0.05) is 12.5 Å². The predicted molar refractivity (Wildman–Crippen MR) is 82.2 cm³/mol. The molecule has 8 heteroatoms. The first kappa shape index (κ1) is 17.8. The zero-order valence-electron chi connectivity index (χ0n) is 12.3. The molecule has 1 amide bonds. The summed E-state index contributed by atoms with van der Waals surface area (Å²) in [6, 6.07) is 8.17. The SMILES string of the molecule is CC(=O)Oc1ccc(C(=O)Nc2cc(C(F)(F)F)ccc2Cl)cc1. The number of ether oxygens (including phenoxy) is 1.